The minimum Gasteiger partial charge on any atom is -0.488 e. The van der Waals surface area contributed by atoms with E-state index in [4.69, 9.17) is 4.74 Å². The number of para-hydroxylation sites is 1. The maximum Gasteiger partial charge on any atom is 0.220 e. The standard InChI is InChI=1S/C19H25N3O3/c23-18(11-5-13-22-14-6-12-20-22)21-16-9-4-10-17(19(16)24)25-15-7-2-1-3-8-15/h1-3,6-8,12,14,16-17,19,24H,4-5,9-11,13H2,(H,21,23)/t16-,17-,19-/m1/s1. The second-order valence-electron chi connectivity index (χ2n) is 6.44. The first-order valence-electron chi connectivity index (χ1n) is 8.89. The number of hydrogen-bond donors (Lipinski definition) is 2. The number of aromatic nitrogens is 2. The summed E-state index contributed by atoms with van der Waals surface area (Å²) < 4.78 is 7.71. The molecule has 0 spiro atoms. The molecule has 134 valence electrons. The lowest BCUT2D eigenvalue weighted by Gasteiger charge is -2.35. The van der Waals surface area contributed by atoms with Crippen molar-refractivity contribution >= 4 is 5.91 Å². The van der Waals surface area contributed by atoms with Gasteiger partial charge in [-0.2, -0.15) is 5.10 Å². The molecule has 1 heterocycles. The van der Waals surface area contributed by atoms with Crippen LogP contribution in [-0.4, -0.2) is 39.0 Å². The molecule has 25 heavy (non-hydrogen) atoms. The monoisotopic (exact) mass is 343 g/mol. The summed E-state index contributed by atoms with van der Waals surface area (Å²) >= 11 is 0. The van der Waals surface area contributed by atoms with Gasteiger partial charge in [-0.3, -0.25) is 9.48 Å². The molecular formula is C19H25N3O3. The minimum atomic E-state index is -0.691. The number of rotatable bonds is 7. The molecule has 0 aliphatic heterocycles. The minimum absolute atomic E-state index is 0.0310. The van der Waals surface area contributed by atoms with Gasteiger partial charge in [0.05, 0.1) is 6.04 Å². The van der Waals surface area contributed by atoms with E-state index in [1.807, 2.05) is 47.3 Å². The van der Waals surface area contributed by atoms with Gasteiger partial charge in [-0.05, 0) is 43.9 Å². The zero-order chi connectivity index (χ0) is 17.5. The Kier molecular flexibility index (Phi) is 6.06. The van der Waals surface area contributed by atoms with E-state index >= 15 is 0 Å². The first kappa shape index (κ1) is 17.5. The second-order valence-corrected chi connectivity index (χ2v) is 6.44. The molecule has 0 saturated heterocycles. The van der Waals surface area contributed by atoms with Gasteiger partial charge >= 0.3 is 0 Å². The lowest BCUT2D eigenvalue weighted by Crippen LogP contribution is -2.52. The lowest BCUT2D eigenvalue weighted by atomic mass is 9.89. The molecule has 1 amide bonds. The van der Waals surface area contributed by atoms with Gasteiger partial charge in [0.2, 0.25) is 5.91 Å². The molecule has 2 aromatic rings. The summed E-state index contributed by atoms with van der Waals surface area (Å²) in [4.78, 5) is 12.2. The first-order chi connectivity index (χ1) is 12.2. The van der Waals surface area contributed by atoms with Crippen LogP contribution in [-0.2, 0) is 11.3 Å². The summed E-state index contributed by atoms with van der Waals surface area (Å²) in [6, 6.07) is 11.1. The molecule has 1 aliphatic carbocycles. The van der Waals surface area contributed by atoms with E-state index in [0.29, 0.717) is 13.0 Å². The molecule has 0 unspecified atom stereocenters. The number of aryl methyl sites for hydroxylation is 1. The summed E-state index contributed by atoms with van der Waals surface area (Å²) in [7, 11) is 0. The Balaban J connectivity index is 1.45. The number of amides is 1. The van der Waals surface area contributed by atoms with E-state index in [1.165, 1.54) is 0 Å². The molecule has 3 atom stereocenters. The number of nitrogens with zero attached hydrogens (tertiary/aromatic N) is 2. The van der Waals surface area contributed by atoms with Crippen molar-refractivity contribution < 1.29 is 14.6 Å². The van der Waals surface area contributed by atoms with Crippen LogP contribution >= 0.6 is 0 Å². The molecule has 1 saturated carbocycles. The zero-order valence-electron chi connectivity index (χ0n) is 14.3. The maximum atomic E-state index is 12.2. The van der Waals surface area contributed by atoms with Gasteiger partial charge in [0.15, 0.2) is 0 Å². The highest BCUT2D eigenvalue weighted by Crippen LogP contribution is 2.24. The lowest BCUT2D eigenvalue weighted by molar-refractivity contribution is -0.124. The average Bonchev–Trinajstić information content (AvgIpc) is 3.13. The van der Waals surface area contributed by atoms with Crippen molar-refractivity contribution in [2.75, 3.05) is 0 Å². The van der Waals surface area contributed by atoms with Gasteiger partial charge < -0.3 is 15.2 Å². The molecule has 2 N–H and O–H groups in total. The Labute approximate surface area is 147 Å². The number of carbonyl (C=O) groups excluding carboxylic acids is 1. The normalized spacial score (nSPS) is 23.2. The topological polar surface area (TPSA) is 76.4 Å². The zero-order valence-corrected chi connectivity index (χ0v) is 14.3. The van der Waals surface area contributed by atoms with Crippen LogP contribution in [0.1, 0.15) is 32.1 Å². The number of ether oxygens (including phenoxy) is 1. The molecule has 6 heteroatoms. The van der Waals surface area contributed by atoms with Crippen LogP contribution in [0.4, 0.5) is 0 Å². The SMILES string of the molecule is O=C(CCCn1cccn1)N[C@@H]1CCC[C@@H](Oc2ccccc2)[C@@H]1O. The van der Waals surface area contributed by atoms with Crippen molar-refractivity contribution in [2.24, 2.45) is 0 Å². The molecule has 1 aromatic carbocycles. The van der Waals surface area contributed by atoms with E-state index in [9.17, 15) is 9.90 Å². The Morgan fingerprint density at radius 3 is 2.88 bits per heavy atom. The predicted octanol–water partition coefficient (Wildman–Crippen LogP) is 2.14. The molecule has 3 rings (SSSR count). The quantitative estimate of drug-likeness (QED) is 0.807. The van der Waals surface area contributed by atoms with Crippen LogP contribution in [0.3, 0.4) is 0 Å². The molecule has 1 aliphatic rings. The van der Waals surface area contributed by atoms with Crippen molar-refractivity contribution in [2.45, 2.75) is 56.9 Å². The highest BCUT2D eigenvalue weighted by atomic mass is 16.5. The molecule has 0 bridgehead atoms. The van der Waals surface area contributed by atoms with E-state index in [1.54, 1.807) is 6.20 Å². The van der Waals surface area contributed by atoms with Gasteiger partial charge in [-0.25, -0.2) is 0 Å². The van der Waals surface area contributed by atoms with Crippen LogP contribution in [0.15, 0.2) is 48.8 Å². The predicted molar refractivity (Wildman–Crippen MR) is 94.1 cm³/mol. The van der Waals surface area contributed by atoms with Crippen molar-refractivity contribution in [3.8, 4) is 5.75 Å². The third-order valence-electron chi connectivity index (χ3n) is 4.52. The fourth-order valence-corrected chi connectivity index (χ4v) is 3.21. The van der Waals surface area contributed by atoms with Gasteiger partial charge in [-0.1, -0.05) is 18.2 Å². The van der Waals surface area contributed by atoms with Crippen LogP contribution in [0.5, 0.6) is 5.75 Å². The summed E-state index contributed by atoms with van der Waals surface area (Å²) in [5, 5.41) is 17.6. The van der Waals surface area contributed by atoms with E-state index in [0.717, 1.165) is 31.4 Å². The number of benzene rings is 1. The Morgan fingerprint density at radius 1 is 1.28 bits per heavy atom. The van der Waals surface area contributed by atoms with Crippen LogP contribution < -0.4 is 10.1 Å². The first-order valence-corrected chi connectivity index (χ1v) is 8.89. The van der Waals surface area contributed by atoms with Gasteiger partial charge in [0.25, 0.3) is 0 Å². The molecular weight excluding hydrogens is 318 g/mol. The van der Waals surface area contributed by atoms with Crippen LogP contribution in [0, 0.1) is 0 Å². The van der Waals surface area contributed by atoms with Crippen LogP contribution in [0.2, 0.25) is 0 Å². The third kappa shape index (κ3) is 5.06. The fourth-order valence-electron chi connectivity index (χ4n) is 3.21. The average molecular weight is 343 g/mol. The maximum absolute atomic E-state index is 12.2. The summed E-state index contributed by atoms with van der Waals surface area (Å²) in [6.45, 7) is 0.716. The van der Waals surface area contributed by atoms with Gasteiger partial charge in [0, 0.05) is 25.4 Å². The van der Waals surface area contributed by atoms with E-state index in [2.05, 4.69) is 10.4 Å². The molecule has 0 radical (unpaired) electrons. The van der Waals surface area contributed by atoms with E-state index < -0.39 is 6.10 Å². The summed E-state index contributed by atoms with van der Waals surface area (Å²) in [6.07, 6.45) is 6.28. The number of carbonyl (C=O) groups is 1. The number of hydrogen-bond acceptors (Lipinski definition) is 4. The van der Waals surface area contributed by atoms with Gasteiger partial charge in [0.1, 0.15) is 18.0 Å². The number of aliphatic hydroxyl groups excluding tert-OH is 1. The highest BCUT2D eigenvalue weighted by Gasteiger charge is 2.34. The van der Waals surface area contributed by atoms with Crippen LogP contribution in [0.25, 0.3) is 0 Å². The van der Waals surface area contributed by atoms with Crippen molar-refractivity contribution in [1.29, 1.82) is 0 Å². The largest absolute Gasteiger partial charge is 0.488 e. The second kappa shape index (κ2) is 8.67. The molecule has 1 fully saturated rings. The van der Waals surface area contributed by atoms with Crippen molar-refractivity contribution in [3.63, 3.8) is 0 Å². The third-order valence-corrected chi connectivity index (χ3v) is 4.52. The Hall–Kier alpha value is -2.34. The summed E-state index contributed by atoms with van der Waals surface area (Å²) in [5.41, 5.74) is 0. The highest BCUT2D eigenvalue weighted by molar-refractivity contribution is 5.76. The van der Waals surface area contributed by atoms with Gasteiger partial charge in [-0.15, -0.1) is 0 Å². The summed E-state index contributed by atoms with van der Waals surface area (Å²) in [5.74, 6) is 0.717. The smallest absolute Gasteiger partial charge is 0.220 e. The number of aliphatic hydroxyl groups is 1. The van der Waals surface area contributed by atoms with Crippen molar-refractivity contribution in [1.82, 2.24) is 15.1 Å². The Morgan fingerprint density at radius 2 is 2.12 bits per heavy atom. The number of nitrogens with one attached hydrogen (secondary N) is 1. The Bertz CT molecular complexity index is 645. The fraction of sp³-hybridized carbons (Fsp3) is 0.474. The van der Waals surface area contributed by atoms with Crippen molar-refractivity contribution in [3.05, 3.63) is 48.8 Å². The molecule has 6 nitrogen and oxygen atoms in total. The molecule has 1 aromatic heterocycles. The van der Waals surface area contributed by atoms with E-state index in [-0.39, 0.29) is 18.1 Å².